The molecule has 1 saturated heterocycles. The Balaban J connectivity index is 1.45. The Bertz CT molecular complexity index is 758. The van der Waals surface area contributed by atoms with Gasteiger partial charge in [-0.3, -0.25) is 4.79 Å². The Morgan fingerprint density at radius 2 is 1.85 bits per heavy atom. The molecular weight excluding hydrogens is 342 g/mol. The number of hydrogen-bond donors (Lipinski definition) is 2. The molecule has 1 aliphatic rings. The van der Waals surface area contributed by atoms with Crippen LogP contribution in [-0.2, 0) is 11.3 Å². The quantitative estimate of drug-likeness (QED) is 0.754. The Morgan fingerprint density at radius 1 is 1.07 bits per heavy atom. The van der Waals surface area contributed by atoms with Gasteiger partial charge in [0.05, 0.1) is 40.4 Å². The first-order valence-corrected chi connectivity index (χ1v) is 9.30. The first kappa shape index (κ1) is 19.0. The number of anilines is 1. The molecule has 27 heavy (non-hydrogen) atoms. The van der Waals surface area contributed by atoms with E-state index in [4.69, 9.17) is 9.47 Å². The first-order chi connectivity index (χ1) is 13.2. The summed E-state index contributed by atoms with van der Waals surface area (Å²) in [5, 5.41) is 3.01. The van der Waals surface area contributed by atoms with E-state index < -0.39 is 0 Å². The van der Waals surface area contributed by atoms with Crippen LogP contribution in [0, 0.1) is 0 Å². The number of rotatable bonds is 7. The summed E-state index contributed by atoms with van der Waals surface area (Å²) in [5.41, 5.74) is 2.17. The fraction of sp³-hybridized carbons (Fsp3) is 0.381. The summed E-state index contributed by atoms with van der Waals surface area (Å²) in [6, 6.07) is 15.9. The minimum Gasteiger partial charge on any atom is -0.497 e. The van der Waals surface area contributed by atoms with Crippen LogP contribution in [0.1, 0.15) is 5.56 Å². The molecule has 1 heterocycles. The smallest absolute Gasteiger partial charge is 0.275 e. The maximum Gasteiger partial charge on any atom is 0.275 e. The van der Waals surface area contributed by atoms with Crippen molar-refractivity contribution >= 4 is 11.6 Å². The number of ether oxygens (including phenoxy) is 2. The van der Waals surface area contributed by atoms with E-state index in [9.17, 15) is 4.79 Å². The van der Waals surface area contributed by atoms with Gasteiger partial charge in [0.15, 0.2) is 6.54 Å². The number of amides is 1. The molecule has 0 spiro atoms. The molecule has 0 aliphatic carbocycles. The molecule has 0 unspecified atom stereocenters. The second kappa shape index (κ2) is 9.28. The van der Waals surface area contributed by atoms with Crippen LogP contribution in [0.25, 0.3) is 0 Å². The molecule has 1 fully saturated rings. The van der Waals surface area contributed by atoms with E-state index in [1.54, 1.807) is 14.2 Å². The Kier molecular flexibility index (Phi) is 6.54. The van der Waals surface area contributed by atoms with Crippen molar-refractivity contribution in [2.75, 3.05) is 51.8 Å². The SMILES string of the molecule is COc1cccc(N2CC[NH+](CC(=O)NCc3ccccc3OC)CC2)c1. The van der Waals surface area contributed by atoms with E-state index in [1.807, 2.05) is 36.4 Å². The third-order valence-corrected chi connectivity index (χ3v) is 4.97. The summed E-state index contributed by atoms with van der Waals surface area (Å²) in [6.07, 6.45) is 0. The topological polar surface area (TPSA) is 55.2 Å². The van der Waals surface area contributed by atoms with Gasteiger partial charge >= 0.3 is 0 Å². The van der Waals surface area contributed by atoms with Crippen LogP contribution in [0.15, 0.2) is 48.5 Å². The highest BCUT2D eigenvalue weighted by atomic mass is 16.5. The number of carbonyl (C=O) groups is 1. The Hall–Kier alpha value is -2.73. The standard InChI is InChI=1S/C21H27N3O3/c1-26-19-8-5-7-18(14-19)24-12-10-23(11-13-24)16-21(25)22-15-17-6-3-4-9-20(17)27-2/h3-9,14H,10-13,15-16H2,1-2H3,(H,22,25)/p+1. The second-order valence-corrected chi connectivity index (χ2v) is 6.70. The zero-order chi connectivity index (χ0) is 19.1. The molecule has 2 aromatic carbocycles. The zero-order valence-electron chi connectivity index (χ0n) is 16.0. The molecule has 0 aromatic heterocycles. The van der Waals surface area contributed by atoms with Crippen molar-refractivity contribution in [1.29, 1.82) is 0 Å². The largest absolute Gasteiger partial charge is 0.497 e. The van der Waals surface area contributed by atoms with Crippen LogP contribution in [0.4, 0.5) is 5.69 Å². The third-order valence-electron chi connectivity index (χ3n) is 4.97. The van der Waals surface area contributed by atoms with E-state index in [1.165, 1.54) is 10.6 Å². The number of hydrogen-bond acceptors (Lipinski definition) is 4. The number of carbonyl (C=O) groups excluding carboxylic acids is 1. The molecule has 6 nitrogen and oxygen atoms in total. The van der Waals surface area contributed by atoms with Crippen LogP contribution in [-0.4, -0.2) is 52.9 Å². The van der Waals surface area contributed by atoms with Gasteiger partial charge in [-0.05, 0) is 18.2 Å². The van der Waals surface area contributed by atoms with Gasteiger partial charge in [0.25, 0.3) is 5.91 Å². The second-order valence-electron chi connectivity index (χ2n) is 6.70. The molecule has 0 radical (unpaired) electrons. The maximum atomic E-state index is 12.3. The highest BCUT2D eigenvalue weighted by Gasteiger charge is 2.22. The predicted molar refractivity (Wildman–Crippen MR) is 106 cm³/mol. The molecule has 3 rings (SSSR count). The van der Waals surface area contributed by atoms with Gasteiger partial charge in [-0.25, -0.2) is 0 Å². The van der Waals surface area contributed by atoms with Crippen molar-refractivity contribution in [3.8, 4) is 11.5 Å². The average Bonchev–Trinajstić information content (AvgIpc) is 2.73. The minimum absolute atomic E-state index is 0.0748. The number of methoxy groups -OCH3 is 2. The molecule has 6 heteroatoms. The predicted octanol–water partition coefficient (Wildman–Crippen LogP) is 0.725. The molecule has 0 bridgehead atoms. The number of para-hydroxylation sites is 1. The summed E-state index contributed by atoms with van der Waals surface area (Å²) in [5.74, 6) is 1.75. The number of benzene rings is 2. The summed E-state index contributed by atoms with van der Waals surface area (Å²) in [6.45, 7) is 4.75. The van der Waals surface area contributed by atoms with Crippen LogP contribution in [0.5, 0.6) is 11.5 Å². The van der Waals surface area contributed by atoms with Gasteiger partial charge in [-0.1, -0.05) is 24.3 Å². The number of piperazine rings is 1. The van der Waals surface area contributed by atoms with Gasteiger partial charge in [0, 0.05) is 23.9 Å². The lowest BCUT2D eigenvalue weighted by Crippen LogP contribution is -3.15. The van der Waals surface area contributed by atoms with E-state index in [-0.39, 0.29) is 5.91 Å². The molecule has 0 atom stereocenters. The van der Waals surface area contributed by atoms with E-state index in [0.29, 0.717) is 13.1 Å². The molecular formula is C21H28N3O3+. The number of quaternary nitrogens is 1. The minimum atomic E-state index is 0.0748. The summed E-state index contributed by atoms with van der Waals surface area (Å²) in [4.78, 5) is 16.0. The van der Waals surface area contributed by atoms with Crippen LogP contribution >= 0.6 is 0 Å². The highest BCUT2D eigenvalue weighted by Crippen LogP contribution is 2.20. The fourth-order valence-corrected chi connectivity index (χ4v) is 3.40. The van der Waals surface area contributed by atoms with Crippen molar-refractivity contribution in [1.82, 2.24) is 5.32 Å². The van der Waals surface area contributed by atoms with E-state index >= 15 is 0 Å². The fourth-order valence-electron chi connectivity index (χ4n) is 3.40. The normalized spacial score (nSPS) is 14.7. The van der Waals surface area contributed by atoms with Crippen molar-refractivity contribution in [3.63, 3.8) is 0 Å². The number of nitrogens with one attached hydrogen (secondary N) is 2. The lowest BCUT2D eigenvalue weighted by Gasteiger charge is -2.33. The van der Waals surface area contributed by atoms with Crippen LogP contribution < -0.4 is 24.6 Å². The van der Waals surface area contributed by atoms with E-state index in [0.717, 1.165) is 43.2 Å². The van der Waals surface area contributed by atoms with Gasteiger partial charge in [0.2, 0.25) is 0 Å². The molecule has 0 saturated carbocycles. The van der Waals surface area contributed by atoms with Crippen molar-refractivity contribution in [3.05, 3.63) is 54.1 Å². The molecule has 1 amide bonds. The van der Waals surface area contributed by atoms with Gasteiger partial charge < -0.3 is 24.6 Å². The number of nitrogens with zero attached hydrogens (tertiary/aromatic N) is 1. The zero-order valence-corrected chi connectivity index (χ0v) is 16.0. The summed E-state index contributed by atoms with van der Waals surface area (Å²) >= 11 is 0. The molecule has 1 aliphatic heterocycles. The van der Waals surface area contributed by atoms with Gasteiger partial charge in [-0.15, -0.1) is 0 Å². The van der Waals surface area contributed by atoms with Gasteiger partial charge in [-0.2, -0.15) is 0 Å². The first-order valence-electron chi connectivity index (χ1n) is 9.30. The lowest BCUT2D eigenvalue weighted by molar-refractivity contribution is -0.892. The molecule has 2 aromatic rings. The summed E-state index contributed by atoms with van der Waals surface area (Å²) < 4.78 is 10.6. The van der Waals surface area contributed by atoms with Crippen molar-refractivity contribution < 1.29 is 19.2 Å². The maximum absolute atomic E-state index is 12.3. The van der Waals surface area contributed by atoms with E-state index in [2.05, 4.69) is 22.3 Å². The monoisotopic (exact) mass is 370 g/mol. The average molecular weight is 370 g/mol. The van der Waals surface area contributed by atoms with Crippen molar-refractivity contribution in [2.45, 2.75) is 6.54 Å². The Labute approximate surface area is 160 Å². The molecule has 2 N–H and O–H groups in total. The lowest BCUT2D eigenvalue weighted by atomic mass is 10.2. The van der Waals surface area contributed by atoms with Crippen LogP contribution in [0.2, 0.25) is 0 Å². The third kappa shape index (κ3) is 5.14. The van der Waals surface area contributed by atoms with Crippen LogP contribution in [0.3, 0.4) is 0 Å². The highest BCUT2D eigenvalue weighted by molar-refractivity contribution is 5.76. The Morgan fingerprint density at radius 3 is 2.59 bits per heavy atom. The van der Waals surface area contributed by atoms with Gasteiger partial charge in [0.1, 0.15) is 11.5 Å². The summed E-state index contributed by atoms with van der Waals surface area (Å²) in [7, 11) is 3.33. The molecule has 144 valence electrons. The van der Waals surface area contributed by atoms with Crippen molar-refractivity contribution in [2.24, 2.45) is 0 Å².